The van der Waals surface area contributed by atoms with Gasteiger partial charge in [0.25, 0.3) is 0 Å². The van der Waals surface area contributed by atoms with E-state index in [2.05, 4.69) is 10.1 Å². The van der Waals surface area contributed by atoms with Gasteiger partial charge in [0, 0.05) is 23.0 Å². The minimum Gasteiger partial charge on any atom is -0.451 e. The van der Waals surface area contributed by atoms with Crippen LogP contribution in [-0.2, 0) is 22.5 Å². The topological polar surface area (TPSA) is 57.0 Å². The molecule has 0 aliphatic heterocycles. The van der Waals surface area contributed by atoms with Gasteiger partial charge in [-0.05, 0) is 38.1 Å². The number of pyridine rings is 1. The van der Waals surface area contributed by atoms with Crippen molar-refractivity contribution in [2.24, 2.45) is 0 Å². The largest absolute Gasteiger partial charge is 0.451 e. The van der Waals surface area contributed by atoms with Crippen LogP contribution in [0.5, 0.6) is 0 Å². The van der Waals surface area contributed by atoms with Gasteiger partial charge >= 0.3 is 12.1 Å². The van der Waals surface area contributed by atoms with E-state index in [-0.39, 0.29) is 12.1 Å². The van der Waals surface area contributed by atoms with E-state index in [1.807, 2.05) is 0 Å². The van der Waals surface area contributed by atoms with Crippen LogP contribution in [0.4, 0.5) is 17.6 Å². The molecule has 0 aliphatic carbocycles. The fourth-order valence-corrected chi connectivity index (χ4v) is 3.13. The molecule has 3 rings (SSSR count). The molecule has 2 aromatic heterocycles. The molecule has 2 heterocycles. The second-order valence-corrected chi connectivity index (χ2v) is 6.78. The van der Waals surface area contributed by atoms with E-state index in [1.54, 1.807) is 24.3 Å². The number of hydrogen-bond donors (Lipinski definition) is 0. The van der Waals surface area contributed by atoms with E-state index in [4.69, 9.17) is 4.74 Å². The van der Waals surface area contributed by atoms with Gasteiger partial charge in [0.05, 0.1) is 17.8 Å². The van der Waals surface area contributed by atoms with Crippen molar-refractivity contribution in [2.75, 3.05) is 0 Å². The van der Waals surface area contributed by atoms with Crippen LogP contribution in [0.1, 0.15) is 34.3 Å². The van der Waals surface area contributed by atoms with Crippen LogP contribution in [-0.4, -0.2) is 26.9 Å². The third-order valence-corrected chi connectivity index (χ3v) is 4.54. The van der Waals surface area contributed by atoms with Crippen molar-refractivity contribution in [1.29, 1.82) is 0 Å². The lowest BCUT2D eigenvalue weighted by molar-refractivity contribution is -0.147. The van der Waals surface area contributed by atoms with Gasteiger partial charge in [-0.3, -0.25) is 14.5 Å². The second kappa shape index (κ2) is 8.64. The lowest BCUT2D eigenvalue weighted by atomic mass is 10.1. The summed E-state index contributed by atoms with van der Waals surface area (Å²) in [5.41, 5.74) is 1.71. The van der Waals surface area contributed by atoms with Gasteiger partial charge in [-0.25, -0.2) is 4.39 Å². The molecule has 0 aliphatic rings. The van der Waals surface area contributed by atoms with E-state index in [0.29, 0.717) is 22.5 Å². The fraction of sp³-hybridized carbons (Fsp3) is 0.286. The Morgan fingerprint density at radius 3 is 2.57 bits per heavy atom. The summed E-state index contributed by atoms with van der Waals surface area (Å²) in [5, 5.41) is 3.88. The Morgan fingerprint density at radius 1 is 1.17 bits per heavy atom. The normalized spacial score (nSPS) is 12.6. The highest BCUT2D eigenvalue weighted by Crippen LogP contribution is 2.27. The number of benzene rings is 1. The first kappa shape index (κ1) is 21.5. The van der Waals surface area contributed by atoms with Crippen LogP contribution in [0.15, 0.2) is 48.7 Å². The van der Waals surface area contributed by atoms with E-state index in [0.717, 1.165) is 4.68 Å². The molecule has 0 radical (unpaired) electrons. The first-order chi connectivity index (χ1) is 14.1. The van der Waals surface area contributed by atoms with Crippen LogP contribution < -0.4 is 0 Å². The number of rotatable bonds is 6. The minimum absolute atomic E-state index is 0.238. The smallest absolute Gasteiger partial charge is 0.408 e. The molecular formula is C21H19F4N3O2. The number of carbonyl (C=O) groups is 1. The summed E-state index contributed by atoms with van der Waals surface area (Å²) in [7, 11) is 0. The number of aryl methyl sites for hydroxylation is 1. The zero-order chi connectivity index (χ0) is 21.9. The Morgan fingerprint density at radius 2 is 1.93 bits per heavy atom. The Labute approximate surface area is 170 Å². The van der Waals surface area contributed by atoms with Crippen LogP contribution >= 0.6 is 0 Å². The van der Waals surface area contributed by atoms with E-state index < -0.39 is 30.6 Å². The molecule has 0 saturated heterocycles. The average molecular weight is 421 g/mol. The van der Waals surface area contributed by atoms with Crippen molar-refractivity contribution in [2.45, 2.75) is 39.1 Å². The number of alkyl halides is 3. The number of hydrogen-bond acceptors (Lipinski definition) is 4. The predicted molar refractivity (Wildman–Crippen MR) is 100 cm³/mol. The second-order valence-electron chi connectivity index (χ2n) is 6.78. The first-order valence-electron chi connectivity index (χ1n) is 9.09. The SMILES string of the molecule is Cc1nn(CC(F)(F)F)c(C)c1CC(=O)OC(c1cccc(F)c1)c1ccccn1. The number of ether oxygens (including phenoxy) is 1. The van der Waals surface area contributed by atoms with Crippen molar-refractivity contribution in [3.8, 4) is 0 Å². The van der Waals surface area contributed by atoms with Crippen LogP contribution in [0, 0.1) is 19.7 Å². The van der Waals surface area contributed by atoms with Crippen molar-refractivity contribution in [3.63, 3.8) is 0 Å². The molecule has 0 saturated carbocycles. The highest BCUT2D eigenvalue weighted by Gasteiger charge is 2.30. The molecule has 9 heteroatoms. The summed E-state index contributed by atoms with van der Waals surface area (Å²) in [6.07, 6.45) is -4.14. The van der Waals surface area contributed by atoms with Crippen LogP contribution in [0.2, 0.25) is 0 Å². The van der Waals surface area contributed by atoms with Crippen molar-refractivity contribution < 1.29 is 27.1 Å². The van der Waals surface area contributed by atoms with E-state index in [1.165, 1.54) is 38.2 Å². The number of aromatic nitrogens is 3. The van der Waals surface area contributed by atoms with Crippen molar-refractivity contribution >= 4 is 5.97 Å². The molecule has 0 amide bonds. The Kier molecular flexibility index (Phi) is 6.19. The molecule has 158 valence electrons. The molecule has 0 N–H and O–H groups in total. The fourth-order valence-electron chi connectivity index (χ4n) is 3.13. The third kappa shape index (κ3) is 5.22. The number of carbonyl (C=O) groups excluding carboxylic acids is 1. The monoisotopic (exact) mass is 421 g/mol. The zero-order valence-electron chi connectivity index (χ0n) is 16.3. The zero-order valence-corrected chi connectivity index (χ0v) is 16.3. The highest BCUT2D eigenvalue weighted by molar-refractivity contribution is 5.74. The molecule has 1 unspecified atom stereocenters. The molecule has 30 heavy (non-hydrogen) atoms. The van der Waals surface area contributed by atoms with Gasteiger partial charge in [-0.2, -0.15) is 18.3 Å². The molecule has 1 aromatic carbocycles. The average Bonchev–Trinajstić information content (AvgIpc) is 2.92. The molecule has 0 fully saturated rings. The van der Waals surface area contributed by atoms with Gasteiger partial charge in [-0.1, -0.05) is 18.2 Å². The van der Waals surface area contributed by atoms with E-state index in [9.17, 15) is 22.4 Å². The molecule has 1 atom stereocenters. The highest BCUT2D eigenvalue weighted by atomic mass is 19.4. The number of nitrogens with zero attached hydrogens (tertiary/aromatic N) is 3. The standard InChI is InChI=1S/C21H19F4N3O2/c1-13-17(14(2)28(27-13)12-21(23,24)25)11-19(29)30-20(18-8-3-4-9-26-18)15-6-5-7-16(22)10-15/h3-10,20H,11-12H2,1-2H3. The predicted octanol–water partition coefficient (Wildman–Crippen LogP) is 4.47. The number of esters is 1. The quantitative estimate of drug-likeness (QED) is 0.435. The maximum Gasteiger partial charge on any atom is 0.408 e. The minimum atomic E-state index is -4.43. The van der Waals surface area contributed by atoms with Gasteiger partial charge in [0.1, 0.15) is 12.4 Å². The van der Waals surface area contributed by atoms with Gasteiger partial charge in [0.15, 0.2) is 6.10 Å². The van der Waals surface area contributed by atoms with E-state index >= 15 is 0 Å². The summed E-state index contributed by atoms with van der Waals surface area (Å²) in [6.45, 7) is 1.76. The Hall–Kier alpha value is -3.23. The van der Waals surface area contributed by atoms with Gasteiger partial charge in [-0.15, -0.1) is 0 Å². The number of halogens is 4. The Balaban J connectivity index is 1.84. The lowest BCUT2D eigenvalue weighted by Crippen LogP contribution is -2.20. The summed E-state index contributed by atoms with van der Waals surface area (Å²) in [4.78, 5) is 16.8. The first-order valence-corrected chi connectivity index (χ1v) is 9.09. The Bertz CT molecular complexity index is 1030. The molecule has 0 bridgehead atoms. The van der Waals surface area contributed by atoms with Crippen molar-refractivity contribution in [1.82, 2.24) is 14.8 Å². The summed E-state index contributed by atoms with van der Waals surface area (Å²) in [6, 6.07) is 10.6. The molecule has 0 spiro atoms. The summed E-state index contributed by atoms with van der Waals surface area (Å²) >= 11 is 0. The molecular weight excluding hydrogens is 402 g/mol. The maximum absolute atomic E-state index is 13.7. The maximum atomic E-state index is 13.7. The van der Waals surface area contributed by atoms with Crippen molar-refractivity contribution in [3.05, 3.63) is 82.7 Å². The van der Waals surface area contributed by atoms with Crippen LogP contribution in [0.25, 0.3) is 0 Å². The summed E-state index contributed by atoms with van der Waals surface area (Å²) in [5.74, 6) is -1.18. The summed E-state index contributed by atoms with van der Waals surface area (Å²) < 4.78 is 58.2. The van der Waals surface area contributed by atoms with Crippen LogP contribution in [0.3, 0.4) is 0 Å². The molecule has 3 aromatic rings. The van der Waals surface area contributed by atoms with Gasteiger partial charge < -0.3 is 4.74 Å². The van der Waals surface area contributed by atoms with Gasteiger partial charge in [0.2, 0.25) is 0 Å². The molecule has 5 nitrogen and oxygen atoms in total. The third-order valence-electron chi connectivity index (χ3n) is 4.54. The lowest BCUT2D eigenvalue weighted by Gasteiger charge is -2.18.